The monoisotopic (exact) mass is 710 g/mol. The molecule has 3 unspecified atom stereocenters. The second-order valence-corrected chi connectivity index (χ2v) is 15.4. The Bertz CT molecular complexity index is 778. The molecule has 4 atom stereocenters. The molecule has 1 rings (SSSR count). The van der Waals surface area contributed by atoms with E-state index in [1.807, 2.05) is 0 Å². The molecule has 0 spiro atoms. The third-order valence-electron chi connectivity index (χ3n) is 10.8. The normalized spacial score (nSPS) is 17.6. The van der Waals surface area contributed by atoms with Crippen molar-refractivity contribution in [2.75, 3.05) is 39.5 Å². The number of aliphatic hydroxyl groups is 1. The topological polar surface area (TPSA) is 85.3 Å². The van der Waals surface area contributed by atoms with Gasteiger partial charge in [-0.15, -0.1) is 0 Å². The van der Waals surface area contributed by atoms with Gasteiger partial charge in [-0.3, -0.25) is 14.5 Å². The van der Waals surface area contributed by atoms with Crippen LogP contribution in [-0.2, 0) is 23.8 Å². The zero-order valence-electron chi connectivity index (χ0n) is 33.6. The second kappa shape index (κ2) is 33.6. The van der Waals surface area contributed by atoms with E-state index in [-0.39, 0.29) is 36.6 Å². The molecular formula is C43H83NO6. The first-order valence-corrected chi connectivity index (χ1v) is 21.8. The minimum Gasteiger partial charge on any atom is -0.465 e. The maximum Gasteiger partial charge on any atom is 0.323 e. The first-order valence-electron chi connectivity index (χ1n) is 21.8. The zero-order chi connectivity index (χ0) is 36.5. The van der Waals surface area contributed by atoms with Crippen LogP contribution in [0.1, 0.15) is 201 Å². The Morgan fingerprint density at radius 1 is 0.640 bits per heavy atom. The number of hydrogen-bond acceptors (Lipinski definition) is 7. The lowest BCUT2D eigenvalue weighted by Gasteiger charge is -2.22. The predicted octanol–water partition coefficient (Wildman–Crippen LogP) is 11.0. The first kappa shape index (κ1) is 46.8. The minimum atomic E-state index is -0.213. The summed E-state index contributed by atoms with van der Waals surface area (Å²) in [5.41, 5.74) is 0. The van der Waals surface area contributed by atoms with Crippen molar-refractivity contribution in [3.8, 4) is 0 Å². The quantitative estimate of drug-likeness (QED) is 0.0512. The average molecular weight is 710 g/mol. The van der Waals surface area contributed by atoms with Crippen molar-refractivity contribution in [2.24, 2.45) is 11.8 Å². The van der Waals surface area contributed by atoms with Crippen LogP contribution in [0.3, 0.4) is 0 Å². The van der Waals surface area contributed by atoms with Gasteiger partial charge in [0.15, 0.2) is 0 Å². The highest BCUT2D eigenvalue weighted by Crippen LogP contribution is 2.24. The lowest BCUT2D eigenvalue weighted by atomic mass is 9.94. The van der Waals surface area contributed by atoms with Crippen LogP contribution in [0, 0.1) is 11.8 Å². The number of aliphatic hydroxyl groups excluding tert-OH is 1. The summed E-state index contributed by atoms with van der Waals surface area (Å²) in [4.78, 5) is 28.3. The number of likely N-dealkylation sites (tertiary alicyclic amines) is 1. The summed E-state index contributed by atoms with van der Waals surface area (Å²) in [5, 5.41) is 9.09. The SMILES string of the molecule is CCCCCCCCC(CCCCCC)C(=O)OCCCCCCCOC(=O)[C@@H]1CC(OCCCCCC(C)CC)CN1CCCCCCO. The standard InChI is InChI=1S/C43H83NO6/c1-5-8-10-12-14-22-30-39(29-21-11-9-6-2)42(46)49-34-25-17-13-18-26-35-50-43(47)41-36-40(37-44(41)31-23-15-16-24-32-45)48-33-27-19-20-28-38(4)7-3/h38-41,45H,5-37H2,1-4H3/t38?,39?,40?,41-/m0/s1. The van der Waals surface area contributed by atoms with Gasteiger partial charge >= 0.3 is 11.9 Å². The fourth-order valence-corrected chi connectivity index (χ4v) is 7.14. The highest BCUT2D eigenvalue weighted by molar-refractivity contribution is 5.76. The Hall–Kier alpha value is -1.18. The van der Waals surface area contributed by atoms with Gasteiger partial charge in [-0.25, -0.2) is 0 Å². The van der Waals surface area contributed by atoms with Crippen LogP contribution in [0.2, 0.25) is 0 Å². The van der Waals surface area contributed by atoms with Crippen molar-refractivity contribution in [3.63, 3.8) is 0 Å². The van der Waals surface area contributed by atoms with E-state index in [4.69, 9.17) is 19.3 Å². The number of carbonyl (C=O) groups excluding carboxylic acids is 2. The number of ether oxygens (including phenoxy) is 3. The Morgan fingerprint density at radius 3 is 1.82 bits per heavy atom. The third kappa shape index (κ3) is 24.9. The van der Waals surface area contributed by atoms with Crippen LogP contribution in [-0.4, -0.2) is 73.6 Å². The number of hydrogen-bond donors (Lipinski definition) is 1. The van der Waals surface area contributed by atoms with E-state index in [9.17, 15) is 9.59 Å². The van der Waals surface area contributed by atoms with Crippen LogP contribution in [0.15, 0.2) is 0 Å². The van der Waals surface area contributed by atoms with Gasteiger partial charge in [0.2, 0.25) is 0 Å². The maximum atomic E-state index is 13.2. The smallest absolute Gasteiger partial charge is 0.323 e. The Kier molecular flexibility index (Phi) is 31.5. The molecule has 0 aliphatic carbocycles. The van der Waals surface area contributed by atoms with E-state index in [0.717, 1.165) is 122 Å². The summed E-state index contributed by atoms with van der Waals surface area (Å²) >= 11 is 0. The van der Waals surface area contributed by atoms with Gasteiger partial charge < -0.3 is 19.3 Å². The molecular weight excluding hydrogens is 626 g/mol. The van der Waals surface area contributed by atoms with E-state index in [0.29, 0.717) is 13.2 Å². The average Bonchev–Trinajstić information content (AvgIpc) is 3.53. The van der Waals surface area contributed by atoms with Crippen LogP contribution < -0.4 is 0 Å². The lowest BCUT2D eigenvalue weighted by Crippen LogP contribution is -2.38. The molecule has 7 nitrogen and oxygen atoms in total. The molecule has 7 heteroatoms. The number of unbranched alkanes of at least 4 members (excludes halogenated alkanes) is 17. The third-order valence-corrected chi connectivity index (χ3v) is 10.8. The highest BCUT2D eigenvalue weighted by atomic mass is 16.5. The van der Waals surface area contributed by atoms with E-state index < -0.39 is 0 Å². The van der Waals surface area contributed by atoms with Crippen molar-refractivity contribution in [1.29, 1.82) is 0 Å². The van der Waals surface area contributed by atoms with Crippen molar-refractivity contribution < 1.29 is 28.9 Å². The summed E-state index contributed by atoms with van der Waals surface area (Å²) < 4.78 is 17.8. The van der Waals surface area contributed by atoms with Gasteiger partial charge in [-0.05, 0) is 57.4 Å². The molecule has 0 aromatic rings. The van der Waals surface area contributed by atoms with Gasteiger partial charge in [-0.1, -0.05) is 150 Å². The van der Waals surface area contributed by atoms with E-state index in [2.05, 4.69) is 32.6 Å². The van der Waals surface area contributed by atoms with Crippen molar-refractivity contribution in [1.82, 2.24) is 4.90 Å². The number of rotatable bonds is 36. The van der Waals surface area contributed by atoms with Crippen molar-refractivity contribution in [3.05, 3.63) is 0 Å². The van der Waals surface area contributed by atoms with Gasteiger partial charge in [0.1, 0.15) is 6.04 Å². The molecule has 50 heavy (non-hydrogen) atoms. The fourth-order valence-electron chi connectivity index (χ4n) is 7.14. The van der Waals surface area contributed by atoms with Crippen LogP contribution >= 0.6 is 0 Å². The second-order valence-electron chi connectivity index (χ2n) is 15.4. The molecule has 1 heterocycles. The van der Waals surface area contributed by atoms with Crippen LogP contribution in [0.4, 0.5) is 0 Å². The largest absolute Gasteiger partial charge is 0.465 e. The van der Waals surface area contributed by atoms with E-state index in [1.54, 1.807) is 0 Å². The van der Waals surface area contributed by atoms with Gasteiger partial charge in [0.05, 0.1) is 25.2 Å². The zero-order valence-corrected chi connectivity index (χ0v) is 33.6. The Balaban J connectivity index is 2.30. The van der Waals surface area contributed by atoms with Crippen molar-refractivity contribution in [2.45, 2.75) is 213 Å². The Morgan fingerprint density at radius 2 is 1.16 bits per heavy atom. The van der Waals surface area contributed by atoms with E-state index in [1.165, 1.54) is 77.0 Å². The minimum absolute atomic E-state index is 0.0257. The summed E-state index contributed by atoms with van der Waals surface area (Å²) in [5.74, 6) is 0.804. The lowest BCUT2D eigenvalue weighted by molar-refractivity contribution is -0.150. The van der Waals surface area contributed by atoms with Crippen molar-refractivity contribution >= 4 is 11.9 Å². The molecule has 0 aromatic carbocycles. The summed E-state index contributed by atoms with van der Waals surface area (Å²) in [7, 11) is 0. The molecule has 0 bridgehead atoms. The molecule has 1 aliphatic heterocycles. The van der Waals surface area contributed by atoms with Gasteiger partial charge in [0, 0.05) is 26.2 Å². The molecule has 0 aromatic heterocycles. The molecule has 0 saturated carbocycles. The van der Waals surface area contributed by atoms with Gasteiger partial charge in [-0.2, -0.15) is 0 Å². The fraction of sp³-hybridized carbons (Fsp3) is 0.953. The molecule has 1 saturated heterocycles. The summed E-state index contributed by atoms with van der Waals surface area (Å²) in [6.45, 7) is 12.8. The molecule has 1 N–H and O–H groups in total. The maximum absolute atomic E-state index is 13.2. The molecule has 0 radical (unpaired) electrons. The van der Waals surface area contributed by atoms with Crippen LogP contribution in [0.25, 0.3) is 0 Å². The van der Waals surface area contributed by atoms with Gasteiger partial charge in [0.25, 0.3) is 0 Å². The summed E-state index contributed by atoms with van der Waals surface area (Å²) in [6, 6.07) is -0.213. The Labute approximate surface area is 309 Å². The molecule has 1 fully saturated rings. The number of esters is 2. The number of carbonyl (C=O) groups is 2. The summed E-state index contributed by atoms with van der Waals surface area (Å²) in [6.07, 6.45) is 30.1. The van der Waals surface area contributed by atoms with Crippen LogP contribution in [0.5, 0.6) is 0 Å². The highest BCUT2D eigenvalue weighted by Gasteiger charge is 2.38. The number of nitrogens with zero attached hydrogens (tertiary/aromatic N) is 1. The predicted molar refractivity (Wildman–Crippen MR) is 208 cm³/mol. The molecule has 296 valence electrons. The molecule has 1 aliphatic rings. The molecule has 0 amide bonds. The first-order chi connectivity index (χ1) is 24.5. The van der Waals surface area contributed by atoms with E-state index >= 15 is 0 Å².